The standard InChI is InChI=1S/C11H14ClNO/c1-7(8(2)13)11(14)9-4-3-5-10(12)6-9/h3-8H,13H2,1-2H3. The summed E-state index contributed by atoms with van der Waals surface area (Å²) >= 11 is 5.79. The van der Waals surface area contributed by atoms with Crippen molar-refractivity contribution >= 4 is 17.4 Å². The lowest BCUT2D eigenvalue weighted by atomic mass is 9.94. The molecule has 76 valence electrons. The largest absolute Gasteiger partial charge is 0.327 e. The van der Waals surface area contributed by atoms with Crippen molar-refractivity contribution in [2.75, 3.05) is 0 Å². The number of Topliss-reactive ketones (excluding diaryl/α,β-unsaturated/α-hetero) is 1. The van der Waals surface area contributed by atoms with Crippen molar-refractivity contribution in [2.45, 2.75) is 19.9 Å². The fourth-order valence-electron chi connectivity index (χ4n) is 1.14. The molecule has 1 aromatic rings. The second-order valence-corrected chi connectivity index (χ2v) is 3.96. The first-order valence-corrected chi connectivity index (χ1v) is 4.95. The minimum absolute atomic E-state index is 0.0440. The molecule has 0 saturated heterocycles. The van der Waals surface area contributed by atoms with Gasteiger partial charge >= 0.3 is 0 Å². The molecule has 0 aliphatic carbocycles. The van der Waals surface area contributed by atoms with Crippen LogP contribution in [0.3, 0.4) is 0 Å². The molecule has 2 atom stereocenters. The molecule has 1 aromatic carbocycles. The van der Waals surface area contributed by atoms with Gasteiger partial charge in [0.15, 0.2) is 5.78 Å². The lowest BCUT2D eigenvalue weighted by molar-refractivity contribution is 0.0917. The van der Waals surface area contributed by atoms with E-state index in [1.54, 1.807) is 24.3 Å². The molecule has 2 N–H and O–H groups in total. The first-order valence-electron chi connectivity index (χ1n) is 4.57. The van der Waals surface area contributed by atoms with Gasteiger partial charge in [-0.3, -0.25) is 4.79 Å². The van der Waals surface area contributed by atoms with E-state index in [-0.39, 0.29) is 17.7 Å². The van der Waals surface area contributed by atoms with Crippen molar-refractivity contribution in [1.29, 1.82) is 0 Å². The van der Waals surface area contributed by atoms with Crippen LogP contribution in [0.5, 0.6) is 0 Å². The Balaban J connectivity index is 2.89. The summed E-state index contributed by atoms with van der Waals surface area (Å²) in [7, 11) is 0. The smallest absolute Gasteiger partial charge is 0.167 e. The lowest BCUT2D eigenvalue weighted by Crippen LogP contribution is -2.30. The molecule has 0 aliphatic rings. The summed E-state index contributed by atoms with van der Waals surface area (Å²) in [5.41, 5.74) is 6.29. The van der Waals surface area contributed by atoms with Crippen LogP contribution >= 0.6 is 11.6 Å². The van der Waals surface area contributed by atoms with E-state index in [2.05, 4.69) is 0 Å². The van der Waals surface area contributed by atoms with E-state index in [9.17, 15) is 4.79 Å². The van der Waals surface area contributed by atoms with Gasteiger partial charge in [0, 0.05) is 22.5 Å². The number of hydrogen-bond donors (Lipinski definition) is 1. The Morgan fingerprint density at radius 3 is 2.57 bits per heavy atom. The number of carbonyl (C=O) groups excluding carboxylic acids is 1. The van der Waals surface area contributed by atoms with E-state index < -0.39 is 0 Å². The number of benzene rings is 1. The predicted molar refractivity (Wildman–Crippen MR) is 58.6 cm³/mol. The van der Waals surface area contributed by atoms with Crippen LogP contribution in [-0.4, -0.2) is 11.8 Å². The van der Waals surface area contributed by atoms with Gasteiger partial charge in [0.05, 0.1) is 0 Å². The van der Waals surface area contributed by atoms with Gasteiger partial charge in [-0.15, -0.1) is 0 Å². The molecule has 3 heteroatoms. The van der Waals surface area contributed by atoms with Gasteiger partial charge in [0.1, 0.15) is 0 Å². The van der Waals surface area contributed by atoms with Crippen molar-refractivity contribution in [3.63, 3.8) is 0 Å². The summed E-state index contributed by atoms with van der Waals surface area (Å²) < 4.78 is 0. The summed E-state index contributed by atoms with van der Waals surface area (Å²) in [5.74, 6) is -0.129. The Bertz CT molecular complexity index is 336. The maximum atomic E-state index is 11.8. The van der Waals surface area contributed by atoms with E-state index in [0.29, 0.717) is 10.6 Å². The maximum absolute atomic E-state index is 11.8. The van der Waals surface area contributed by atoms with Gasteiger partial charge in [-0.05, 0) is 19.1 Å². The van der Waals surface area contributed by atoms with Crippen LogP contribution in [0.1, 0.15) is 24.2 Å². The van der Waals surface area contributed by atoms with E-state index in [0.717, 1.165) is 0 Å². The average molecular weight is 212 g/mol. The maximum Gasteiger partial charge on any atom is 0.167 e. The molecule has 0 fully saturated rings. The van der Waals surface area contributed by atoms with Gasteiger partial charge in [0.25, 0.3) is 0 Å². The van der Waals surface area contributed by atoms with Crippen molar-refractivity contribution in [3.05, 3.63) is 34.9 Å². The van der Waals surface area contributed by atoms with Crippen LogP contribution in [0.15, 0.2) is 24.3 Å². The second-order valence-electron chi connectivity index (χ2n) is 3.52. The zero-order chi connectivity index (χ0) is 10.7. The fraction of sp³-hybridized carbons (Fsp3) is 0.364. The summed E-state index contributed by atoms with van der Waals surface area (Å²) in [6.07, 6.45) is 0. The normalized spacial score (nSPS) is 14.9. The van der Waals surface area contributed by atoms with Crippen molar-refractivity contribution in [3.8, 4) is 0 Å². The molecule has 0 spiro atoms. The fourth-order valence-corrected chi connectivity index (χ4v) is 1.33. The molecule has 2 nitrogen and oxygen atoms in total. The third-order valence-corrected chi connectivity index (χ3v) is 2.55. The van der Waals surface area contributed by atoms with Crippen LogP contribution in [0.2, 0.25) is 5.02 Å². The summed E-state index contributed by atoms with van der Waals surface area (Å²) in [4.78, 5) is 11.8. The number of rotatable bonds is 3. The van der Waals surface area contributed by atoms with Crippen molar-refractivity contribution in [2.24, 2.45) is 11.7 Å². The van der Waals surface area contributed by atoms with Crippen LogP contribution < -0.4 is 5.73 Å². The molecular weight excluding hydrogens is 198 g/mol. The predicted octanol–water partition coefficient (Wildman–Crippen LogP) is 2.51. The number of hydrogen-bond acceptors (Lipinski definition) is 2. The van der Waals surface area contributed by atoms with Gasteiger partial charge in [0.2, 0.25) is 0 Å². The SMILES string of the molecule is CC(N)C(C)C(=O)c1cccc(Cl)c1. The van der Waals surface area contributed by atoms with Gasteiger partial charge in [-0.2, -0.15) is 0 Å². The van der Waals surface area contributed by atoms with Crippen LogP contribution in [0.4, 0.5) is 0 Å². The topological polar surface area (TPSA) is 43.1 Å². The third kappa shape index (κ3) is 2.56. The first-order chi connectivity index (χ1) is 6.52. The minimum atomic E-state index is -0.173. The molecule has 0 amide bonds. The molecular formula is C11H14ClNO. The molecule has 0 radical (unpaired) electrons. The third-order valence-electron chi connectivity index (χ3n) is 2.31. The highest BCUT2D eigenvalue weighted by molar-refractivity contribution is 6.31. The Morgan fingerprint density at radius 1 is 1.43 bits per heavy atom. The Hall–Kier alpha value is -0.860. The lowest BCUT2D eigenvalue weighted by Gasteiger charge is -2.14. The van der Waals surface area contributed by atoms with Crippen LogP contribution in [0.25, 0.3) is 0 Å². The van der Waals surface area contributed by atoms with E-state index >= 15 is 0 Å². The number of halogens is 1. The molecule has 1 rings (SSSR count). The van der Waals surface area contributed by atoms with Gasteiger partial charge < -0.3 is 5.73 Å². The quantitative estimate of drug-likeness (QED) is 0.781. The second kappa shape index (κ2) is 4.58. The molecule has 14 heavy (non-hydrogen) atoms. The molecule has 0 aromatic heterocycles. The number of ketones is 1. The van der Waals surface area contributed by atoms with Gasteiger partial charge in [-0.1, -0.05) is 30.7 Å². The number of nitrogens with two attached hydrogens (primary N) is 1. The molecule has 2 unspecified atom stereocenters. The number of carbonyl (C=O) groups is 1. The average Bonchev–Trinajstić information content (AvgIpc) is 2.15. The van der Waals surface area contributed by atoms with Crippen molar-refractivity contribution in [1.82, 2.24) is 0 Å². The highest BCUT2D eigenvalue weighted by Crippen LogP contribution is 2.15. The Labute approximate surface area is 89.1 Å². The minimum Gasteiger partial charge on any atom is -0.327 e. The zero-order valence-electron chi connectivity index (χ0n) is 8.33. The zero-order valence-corrected chi connectivity index (χ0v) is 9.08. The Morgan fingerprint density at radius 2 is 2.07 bits per heavy atom. The monoisotopic (exact) mass is 211 g/mol. The van der Waals surface area contributed by atoms with Crippen LogP contribution in [0, 0.1) is 5.92 Å². The summed E-state index contributed by atoms with van der Waals surface area (Å²) in [5, 5.41) is 0.577. The van der Waals surface area contributed by atoms with Crippen LogP contribution in [-0.2, 0) is 0 Å². The highest BCUT2D eigenvalue weighted by Gasteiger charge is 2.18. The summed E-state index contributed by atoms with van der Waals surface area (Å²) in [6.45, 7) is 3.65. The highest BCUT2D eigenvalue weighted by atomic mass is 35.5. The first kappa shape index (κ1) is 11.2. The molecule has 0 aliphatic heterocycles. The molecule has 0 saturated carbocycles. The van der Waals surface area contributed by atoms with Crippen molar-refractivity contribution < 1.29 is 4.79 Å². The molecule has 0 bridgehead atoms. The van der Waals surface area contributed by atoms with E-state index in [1.165, 1.54) is 0 Å². The van der Waals surface area contributed by atoms with E-state index in [4.69, 9.17) is 17.3 Å². The summed E-state index contributed by atoms with van der Waals surface area (Å²) in [6, 6.07) is 6.80. The van der Waals surface area contributed by atoms with E-state index in [1.807, 2.05) is 13.8 Å². The molecule has 0 heterocycles. The Kier molecular flexibility index (Phi) is 3.67. The van der Waals surface area contributed by atoms with Gasteiger partial charge in [-0.25, -0.2) is 0 Å².